The molecule has 0 aliphatic carbocycles. The largest absolute Gasteiger partial charge is 0.326 e. The summed E-state index contributed by atoms with van der Waals surface area (Å²) in [5, 5.41) is 0. The van der Waals surface area contributed by atoms with Crippen LogP contribution in [0.3, 0.4) is 0 Å². The number of rotatable bonds is 6. The van der Waals surface area contributed by atoms with Gasteiger partial charge in [0.1, 0.15) is 0 Å². The van der Waals surface area contributed by atoms with Crippen molar-refractivity contribution in [3.8, 4) is 5.69 Å². The molecule has 156 valence electrons. The van der Waals surface area contributed by atoms with E-state index < -0.39 is 0 Å². The normalized spacial score (nSPS) is 10.9. The van der Waals surface area contributed by atoms with Crippen molar-refractivity contribution in [2.75, 3.05) is 0 Å². The van der Waals surface area contributed by atoms with Crippen molar-refractivity contribution in [1.82, 2.24) is 14.1 Å². The number of aryl methyl sites for hydroxylation is 3. The van der Waals surface area contributed by atoms with E-state index in [1.54, 1.807) is 36.1 Å². The van der Waals surface area contributed by atoms with Gasteiger partial charge in [-0.3, -0.25) is 14.2 Å². The Hall–Kier alpha value is -3.73. The van der Waals surface area contributed by atoms with E-state index in [0.717, 1.165) is 23.4 Å². The van der Waals surface area contributed by atoms with E-state index in [1.165, 1.54) is 11.1 Å². The van der Waals surface area contributed by atoms with Gasteiger partial charge in [-0.05, 0) is 56.2 Å². The highest BCUT2D eigenvalue weighted by atomic mass is 16.1. The molecule has 0 radical (unpaired) electrons. The molecule has 0 saturated heterocycles. The van der Waals surface area contributed by atoms with Gasteiger partial charge in [0.15, 0.2) is 5.78 Å². The van der Waals surface area contributed by atoms with Crippen LogP contribution >= 0.6 is 0 Å². The second-order valence-electron chi connectivity index (χ2n) is 7.97. The Labute approximate surface area is 181 Å². The van der Waals surface area contributed by atoms with Gasteiger partial charge >= 0.3 is 0 Å². The second-order valence-corrected chi connectivity index (χ2v) is 7.97. The van der Waals surface area contributed by atoms with Crippen LogP contribution in [-0.4, -0.2) is 19.9 Å². The van der Waals surface area contributed by atoms with Crippen molar-refractivity contribution in [2.45, 2.75) is 33.7 Å². The van der Waals surface area contributed by atoms with Crippen LogP contribution in [0.1, 0.15) is 38.3 Å². The van der Waals surface area contributed by atoms with E-state index >= 15 is 0 Å². The molecule has 2 heterocycles. The molecule has 2 aromatic carbocycles. The first-order valence-corrected chi connectivity index (χ1v) is 10.3. The molecule has 0 N–H and O–H groups in total. The lowest BCUT2D eigenvalue weighted by atomic mass is 10.0. The lowest BCUT2D eigenvalue weighted by Gasteiger charge is -2.12. The summed E-state index contributed by atoms with van der Waals surface area (Å²) < 4.78 is 3.51. The Kier molecular flexibility index (Phi) is 5.67. The number of Topliss-reactive ketones (excluding diaryl/α,β-unsaturated/α-hetero) is 1. The van der Waals surface area contributed by atoms with Crippen LogP contribution in [0.25, 0.3) is 5.69 Å². The molecule has 0 aliphatic heterocycles. The number of aromatic nitrogens is 3. The number of imidazole rings is 1. The fraction of sp³-hybridized carbons (Fsp3) is 0.192. The first-order chi connectivity index (χ1) is 14.9. The summed E-state index contributed by atoms with van der Waals surface area (Å²) in [5.74, 6) is 0.0177. The summed E-state index contributed by atoms with van der Waals surface area (Å²) in [7, 11) is 0. The SMILES string of the molecule is Cc1cccc(Cc2cncn2CC(=O)c2ccc(-n3cccc(C)c3=O)cc2C)c1. The zero-order valence-corrected chi connectivity index (χ0v) is 18.0. The van der Waals surface area contributed by atoms with Crippen molar-refractivity contribution < 1.29 is 4.79 Å². The minimum absolute atomic E-state index is 0.0177. The fourth-order valence-corrected chi connectivity index (χ4v) is 3.83. The predicted molar refractivity (Wildman–Crippen MR) is 122 cm³/mol. The van der Waals surface area contributed by atoms with E-state index in [9.17, 15) is 9.59 Å². The molecule has 31 heavy (non-hydrogen) atoms. The Morgan fingerprint density at radius 1 is 0.968 bits per heavy atom. The topological polar surface area (TPSA) is 56.9 Å². The number of carbonyl (C=O) groups is 1. The first-order valence-electron chi connectivity index (χ1n) is 10.3. The van der Waals surface area contributed by atoms with Crippen molar-refractivity contribution in [3.05, 3.63) is 117 Å². The smallest absolute Gasteiger partial charge is 0.257 e. The quantitative estimate of drug-likeness (QED) is 0.441. The van der Waals surface area contributed by atoms with Gasteiger partial charge in [0.05, 0.1) is 12.9 Å². The highest BCUT2D eigenvalue weighted by molar-refractivity contribution is 5.97. The molecule has 0 unspecified atom stereocenters. The van der Waals surface area contributed by atoms with Crippen LogP contribution < -0.4 is 5.56 Å². The molecule has 5 heteroatoms. The summed E-state index contributed by atoms with van der Waals surface area (Å²) in [5.41, 5.74) is 6.28. The van der Waals surface area contributed by atoms with Gasteiger partial charge < -0.3 is 4.57 Å². The Bertz CT molecular complexity index is 1310. The molecule has 0 aliphatic rings. The maximum atomic E-state index is 13.0. The third kappa shape index (κ3) is 4.40. The van der Waals surface area contributed by atoms with Gasteiger partial charge in [-0.1, -0.05) is 35.9 Å². The number of pyridine rings is 1. The molecule has 0 spiro atoms. The van der Waals surface area contributed by atoms with Crippen molar-refractivity contribution in [1.29, 1.82) is 0 Å². The summed E-state index contributed by atoms with van der Waals surface area (Å²) in [6, 6.07) is 17.5. The fourth-order valence-electron chi connectivity index (χ4n) is 3.83. The molecule has 4 rings (SSSR count). The van der Waals surface area contributed by atoms with E-state index in [4.69, 9.17) is 0 Å². The van der Waals surface area contributed by atoms with Gasteiger partial charge in [-0.2, -0.15) is 0 Å². The van der Waals surface area contributed by atoms with Gasteiger partial charge in [-0.25, -0.2) is 4.98 Å². The Morgan fingerprint density at radius 3 is 2.58 bits per heavy atom. The summed E-state index contributed by atoms with van der Waals surface area (Å²) in [4.78, 5) is 29.7. The first kappa shape index (κ1) is 20.5. The predicted octanol–water partition coefficient (Wildman–Crippen LogP) is 4.43. The third-order valence-electron chi connectivity index (χ3n) is 5.51. The lowest BCUT2D eigenvalue weighted by molar-refractivity contribution is 0.0970. The van der Waals surface area contributed by atoms with Crippen LogP contribution in [0, 0.1) is 20.8 Å². The van der Waals surface area contributed by atoms with Crippen LogP contribution in [0.15, 0.2) is 78.1 Å². The number of ketones is 1. The molecule has 0 atom stereocenters. The molecule has 4 aromatic rings. The van der Waals surface area contributed by atoms with Crippen molar-refractivity contribution in [2.24, 2.45) is 0 Å². The third-order valence-corrected chi connectivity index (χ3v) is 5.51. The molecular formula is C26H25N3O2. The number of benzene rings is 2. The second kappa shape index (κ2) is 8.56. The maximum Gasteiger partial charge on any atom is 0.257 e. The van der Waals surface area contributed by atoms with E-state index in [1.807, 2.05) is 42.0 Å². The molecule has 0 amide bonds. The highest BCUT2D eigenvalue weighted by Gasteiger charge is 2.14. The van der Waals surface area contributed by atoms with Gasteiger partial charge in [0.2, 0.25) is 0 Å². The number of hydrogen-bond donors (Lipinski definition) is 0. The molecule has 2 aromatic heterocycles. The van der Waals surface area contributed by atoms with Gasteiger partial charge in [-0.15, -0.1) is 0 Å². The van der Waals surface area contributed by atoms with Crippen LogP contribution in [0.5, 0.6) is 0 Å². The summed E-state index contributed by atoms with van der Waals surface area (Å²) >= 11 is 0. The van der Waals surface area contributed by atoms with Gasteiger partial charge in [0, 0.05) is 41.3 Å². The maximum absolute atomic E-state index is 13.0. The zero-order valence-electron chi connectivity index (χ0n) is 18.0. The lowest BCUT2D eigenvalue weighted by Crippen LogP contribution is -2.20. The van der Waals surface area contributed by atoms with E-state index in [-0.39, 0.29) is 17.9 Å². The highest BCUT2D eigenvalue weighted by Crippen LogP contribution is 2.17. The Morgan fingerprint density at radius 2 is 1.81 bits per heavy atom. The molecule has 5 nitrogen and oxygen atoms in total. The van der Waals surface area contributed by atoms with Crippen LogP contribution in [0.2, 0.25) is 0 Å². The van der Waals surface area contributed by atoms with Crippen molar-refractivity contribution in [3.63, 3.8) is 0 Å². The summed E-state index contributed by atoms with van der Waals surface area (Å²) in [6.45, 7) is 6.00. The van der Waals surface area contributed by atoms with Gasteiger partial charge in [0.25, 0.3) is 5.56 Å². The Balaban J connectivity index is 1.55. The standard InChI is InChI=1S/C26H25N3O2/c1-18-6-4-8-21(12-18)14-23-15-27-17-28(23)16-25(30)24-10-9-22(13-20(24)3)29-11-5-7-19(2)26(29)31/h4-13,15,17H,14,16H2,1-3H3. The zero-order chi connectivity index (χ0) is 22.0. The van der Waals surface area contributed by atoms with E-state index in [2.05, 4.69) is 30.1 Å². The molecule has 0 bridgehead atoms. The monoisotopic (exact) mass is 411 g/mol. The van der Waals surface area contributed by atoms with E-state index in [0.29, 0.717) is 11.1 Å². The average Bonchev–Trinajstić information content (AvgIpc) is 3.16. The summed E-state index contributed by atoms with van der Waals surface area (Å²) in [6.07, 6.45) is 5.99. The minimum atomic E-state index is -0.0554. The molecule has 0 saturated carbocycles. The minimum Gasteiger partial charge on any atom is -0.326 e. The van der Waals surface area contributed by atoms with Crippen LogP contribution in [-0.2, 0) is 13.0 Å². The molecule has 0 fully saturated rings. The molecular weight excluding hydrogens is 386 g/mol. The number of hydrogen-bond acceptors (Lipinski definition) is 3. The number of nitrogens with zero attached hydrogens (tertiary/aromatic N) is 3. The average molecular weight is 412 g/mol. The van der Waals surface area contributed by atoms with Crippen LogP contribution in [0.4, 0.5) is 0 Å². The van der Waals surface area contributed by atoms with Crippen molar-refractivity contribution >= 4 is 5.78 Å². The number of carbonyl (C=O) groups excluding carboxylic acids is 1.